The molecule has 2 aromatic rings. The van der Waals surface area contributed by atoms with Gasteiger partial charge in [-0.15, -0.1) is 0 Å². The molecular formula is C18H21NO5. The molecule has 0 fully saturated rings. The molecule has 0 saturated heterocycles. The molecule has 0 spiro atoms. The van der Waals surface area contributed by atoms with Gasteiger partial charge in [0.25, 0.3) is 5.91 Å². The van der Waals surface area contributed by atoms with Gasteiger partial charge in [-0.1, -0.05) is 32.0 Å². The van der Waals surface area contributed by atoms with Crippen LogP contribution >= 0.6 is 0 Å². The zero-order valence-electron chi connectivity index (χ0n) is 13.7. The minimum atomic E-state index is -1.14. The summed E-state index contributed by atoms with van der Waals surface area (Å²) < 4.78 is 10.7. The molecule has 0 saturated carbocycles. The van der Waals surface area contributed by atoms with Gasteiger partial charge in [-0.3, -0.25) is 4.79 Å². The van der Waals surface area contributed by atoms with Crippen LogP contribution in [0.15, 0.2) is 40.8 Å². The number of para-hydroxylation sites is 1. The van der Waals surface area contributed by atoms with Crippen LogP contribution < -0.4 is 10.1 Å². The Balaban J connectivity index is 1.86. The Labute approximate surface area is 140 Å². The van der Waals surface area contributed by atoms with Gasteiger partial charge in [-0.05, 0) is 36.1 Å². The standard InChI is InChI=1S/C18H21NO5/c1-3-12(2)14-6-4-5-7-15(14)23-11-17(20)19-10-13-8-9-16(24-13)18(21)22/h4-9,12H,3,10-11H2,1-2H3,(H,19,20)(H,21,22). The first-order valence-electron chi connectivity index (χ1n) is 7.81. The molecule has 2 rings (SSSR count). The van der Waals surface area contributed by atoms with Crippen molar-refractivity contribution in [1.82, 2.24) is 5.32 Å². The van der Waals surface area contributed by atoms with Crippen molar-refractivity contribution in [3.63, 3.8) is 0 Å². The Hall–Kier alpha value is -2.76. The summed E-state index contributed by atoms with van der Waals surface area (Å²) in [6, 6.07) is 10.5. The Morgan fingerprint density at radius 2 is 2.00 bits per heavy atom. The maximum atomic E-state index is 11.9. The third-order valence-electron chi connectivity index (χ3n) is 3.75. The van der Waals surface area contributed by atoms with Crippen molar-refractivity contribution in [2.24, 2.45) is 0 Å². The van der Waals surface area contributed by atoms with E-state index in [9.17, 15) is 9.59 Å². The molecule has 1 heterocycles. The number of carboxylic acids is 1. The second-order valence-electron chi connectivity index (χ2n) is 5.48. The summed E-state index contributed by atoms with van der Waals surface area (Å²) in [5.74, 6) is -0.173. The van der Waals surface area contributed by atoms with Gasteiger partial charge in [0.15, 0.2) is 6.61 Å². The molecule has 1 unspecified atom stereocenters. The van der Waals surface area contributed by atoms with Crippen molar-refractivity contribution in [2.75, 3.05) is 6.61 Å². The van der Waals surface area contributed by atoms with Crippen LogP contribution in [0.25, 0.3) is 0 Å². The van der Waals surface area contributed by atoms with Crippen LogP contribution in [0.5, 0.6) is 5.75 Å². The lowest BCUT2D eigenvalue weighted by Gasteiger charge is -2.15. The first-order chi connectivity index (χ1) is 11.5. The largest absolute Gasteiger partial charge is 0.483 e. The number of benzene rings is 1. The topological polar surface area (TPSA) is 88.8 Å². The van der Waals surface area contributed by atoms with E-state index in [0.717, 1.165) is 12.0 Å². The minimum Gasteiger partial charge on any atom is -0.483 e. The molecule has 0 radical (unpaired) electrons. The summed E-state index contributed by atoms with van der Waals surface area (Å²) >= 11 is 0. The predicted molar refractivity (Wildman–Crippen MR) is 88.2 cm³/mol. The van der Waals surface area contributed by atoms with Crippen molar-refractivity contribution in [2.45, 2.75) is 32.7 Å². The van der Waals surface area contributed by atoms with Gasteiger partial charge in [-0.2, -0.15) is 0 Å². The van der Waals surface area contributed by atoms with Gasteiger partial charge in [-0.25, -0.2) is 4.79 Å². The fraction of sp³-hybridized carbons (Fsp3) is 0.333. The number of ether oxygens (including phenoxy) is 1. The molecule has 1 aromatic carbocycles. The number of aromatic carboxylic acids is 1. The summed E-state index contributed by atoms with van der Waals surface area (Å²) in [5, 5.41) is 11.4. The van der Waals surface area contributed by atoms with E-state index in [1.54, 1.807) is 0 Å². The number of nitrogens with one attached hydrogen (secondary N) is 1. The number of carbonyl (C=O) groups excluding carboxylic acids is 1. The summed E-state index contributed by atoms with van der Waals surface area (Å²) in [6.45, 7) is 4.21. The van der Waals surface area contributed by atoms with E-state index in [-0.39, 0.29) is 24.8 Å². The number of furan rings is 1. The van der Waals surface area contributed by atoms with E-state index in [0.29, 0.717) is 17.4 Å². The first-order valence-corrected chi connectivity index (χ1v) is 7.81. The fourth-order valence-electron chi connectivity index (χ4n) is 2.21. The molecule has 24 heavy (non-hydrogen) atoms. The van der Waals surface area contributed by atoms with Gasteiger partial charge in [0, 0.05) is 0 Å². The molecule has 2 N–H and O–H groups in total. The number of amides is 1. The average molecular weight is 331 g/mol. The summed E-state index contributed by atoms with van der Waals surface area (Å²) in [6.07, 6.45) is 0.983. The lowest BCUT2D eigenvalue weighted by atomic mass is 9.98. The molecule has 0 aliphatic heterocycles. The molecule has 1 aromatic heterocycles. The van der Waals surface area contributed by atoms with E-state index in [2.05, 4.69) is 19.2 Å². The predicted octanol–water partition coefficient (Wildman–Crippen LogP) is 3.19. The lowest BCUT2D eigenvalue weighted by molar-refractivity contribution is -0.123. The number of hydrogen-bond acceptors (Lipinski definition) is 4. The van der Waals surface area contributed by atoms with Crippen LogP contribution in [-0.4, -0.2) is 23.6 Å². The highest BCUT2D eigenvalue weighted by atomic mass is 16.5. The number of rotatable bonds is 8. The maximum Gasteiger partial charge on any atom is 0.371 e. The molecule has 128 valence electrons. The SMILES string of the molecule is CCC(C)c1ccccc1OCC(=O)NCc1ccc(C(=O)O)o1. The molecule has 1 amide bonds. The zero-order valence-corrected chi connectivity index (χ0v) is 13.7. The van der Waals surface area contributed by atoms with Crippen molar-refractivity contribution in [3.8, 4) is 5.75 Å². The molecule has 0 bridgehead atoms. The molecule has 6 nitrogen and oxygen atoms in total. The molecule has 0 aliphatic rings. The quantitative estimate of drug-likeness (QED) is 0.775. The van der Waals surface area contributed by atoms with Gasteiger partial charge >= 0.3 is 5.97 Å². The van der Waals surface area contributed by atoms with Crippen LogP contribution in [0.3, 0.4) is 0 Å². The van der Waals surface area contributed by atoms with Gasteiger partial charge in [0.1, 0.15) is 11.5 Å². The minimum absolute atomic E-state index is 0.111. The Kier molecular flexibility index (Phi) is 6.01. The Morgan fingerprint density at radius 3 is 2.67 bits per heavy atom. The summed E-state index contributed by atoms with van der Waals surface area (Å²) in [4.78, 5) is 22.6. The van der Waals surface area contributed by atoms with E-state index in [1.165, 1.54) is 12.1 Å². The Morgan fingerprint density at radius 1 is 1.25 bits per heavy atom. The molecule has 1 atom stereocenters. The van der Waals surface area contributed by atoms with Crippen molar-refractivity contribution < 1.29 is 23.8 Å². The summed E-state index contributed by atoms with van der Waals surface area (Å²) in [7, 11) is 0. The first kappa shape index (κ1) is 17.6. The Bertz CT molecular complexity index is 707. The highest BCUT2D eigenvalue weighted by Gasteiger charge is 2.12. The van der Waals surface area contributed by atoms with Gasteiger partial charge in [0.05, 0.1) is 6.54 Å². The van der Waals surface area contributed by atoms with Crippen molar-refractivity contribution in [1.29, 1.82) is 0 Å². The molecule has 0 aliphatic carbocycles. The fourth-order valence-corrected chi connectivity index (χ4v) is 2.21. The third-order valence-corrected chi connectivity index (χ3v) is 3.75. The second kappa shape index (κ2) is 8.19. The second-order valence-corrected chi connectivity index (χ2v) is 5.48. The van der Waals surface area contributed by atoms with Crippen LogP contribution in [0.1, 0.15) is 48.1 Å². The monoisotopic (exact) mass is 331 g/mol. The molecule has 6 heteroatoms. The van der Waals surface area contributed by atoms with Gasteiger partial charge < -0.3 is 19.6 Å². The normalized spacial score (nSPS) is 11.8. The van der Waals surface area contributed by atoms with Crippen LogP contribution in [0.2, 0.25) is 0 Å². The average Bonchev–Trinajstić information content (AvgIpc) is 3.07. The highest BCUT2D eigenvalue weighted by Crippen LogP contribution is 2.28. The van der Waals surface area contributed by atoms with Crippen LogP contribution in [-0.2, 0) is 11.3 Å². The van der Waals surface area contributed by atoms with E-state index in [1.807, 2.05) is 24.3 Å². The van der Waals surface area contributed by atoms with Crippen molar-refractivity contribution >= 4 is 11.9 Å². The highest BCUT2D eigenvalue weighted by molar-refractivity contribution is 5.84. The number of carbonyl (C=O) groups is 2. The lowest BCUT2D eigenvalue weighted by Crippen LogP contribution is -2.28. The number of hydrogen-bond donors (Lipinski definition) is 2. The van der Waals surface area contributed by atoms with Crippen molar-refractivity contribution in [3.05, 3.63) is 53.5 Å². The zero-order chi connectivity index (χ0) is 17.5. The summed E-state index contributed by atoms with van der Waals surface area (Å²) in [5.41, 5.74) is 1.07. The van der Waals surface area contributed by atoms with Crippen LogP contribution in [0, 0.1) is 0 Å². The van der Waals surface area contributed by atoms with E-state index >= 15 is 0 Å². The molecular weight excluding hydrogens is 310 g/mol. The number of carboxylic acid groups (broad SMARTS) is 1. The maximum absolute atomic E-state index is 11.9. The smallest absolute Gasteiger partial charge is 0.371 e. The third kappa shape index (κ3) is 4.62. The van der Waals surface area contributed by atoms with Crippen LogP contribution in [0.4, 0.5) is 0 Å². The van der Waals surface area contributed by atoms with E-state index in [4.69, 9.17) is 14.3 Å². The van der Waals surface area contributed by atoms with Gasteiger partial charge in [0.2, 0.25) is 5.76 Å². The van der Waals surface area contributed by atoms with E-state index < -0.39 is 5.97 Å².